The Morgan fingerprint density at radius 3 is 2.70 bits per heavy atom. The minimum Gasteiger partial charge on any atom is -0.393 e. The second kappa shape index (κ2) is 7.71. The summed E-state index contributed by atoms with van der Waals surface area (Å²) in [5, 5.41) is 23.5. The predicted octanol–water partition coefficient (Wildman–Crippen LogP) is 1.70. The molecule has 9 nitrogen and oxygen atoms in total. The molecule has 0 bridgehead atoms. The van der Waals surface area contributed by atoms with Crippen LogP contribution in [-0.4, -0.2) is 50.2 Å². The molecular weight excluding hydrogens is 384 g/mol. The zero-order chi connectivity index (χ0) is 20.7. The number of hydrogen-bond acceptors (Lipinski definition) is 7. The minimum atomic E-state index is -0.360. The van der Waals surface area contributed by atoms with Crippen LogP contribution in [0.25, 0.3) is 11.7 Å². The SMILES string of the molecule is O=C1C/C(=C\c2cnn3c(NCC4CC4)cc(NC4CCC(O)CC4)nc23)C(=O)N1. The zero-order valence-electron chi connectivity index (χ0n) is 16.7. The van der Waals surface area contributed by atoms with E-state index in [1.165, 1.54) is 12.8 Å². The number of nitrogens with zero attached hydrogens (tertiary/aromatic N) is 3. The quantitative estimate of drug-likeness (QED) is 0.422. The number of anilines is 2. The molecule has 5 rings (SSSR count). The van der Waals surface area contributed by atoms with E-state index in [0.717, 1.165) is 43.9 Å². The summed E-state index contributed by atoms with van der Waals surface area (Å²) in [5.74, 6) is 1.65. The molecule has 9 heteroatoms. The normalized spacial score (nSPS) is 25.7. The molecule has 0 aromatic carbocycles. The Balaban J connectivity index is 1.47. The maximum Gasteiger partial charge on any atom is 0.254 e. The maximum atomic E-state index is 12.0. The van der Waals surface area contributed by atoms with Crippen LogP contribution in [0.15, 0.2) is 17.8 Å². The number of amides is 2. The molecule has 2 aliphatic carbocycles. The summed E-state index contributed by atoms with van der Waals surface area (Å²) in [6, 6.07) is 2.23. The number of fused-ring (bicyclic) bond motifs is 1. The molecule has 30 heavy (non-hydrogen) atoms. The van der Waals surface area contributed by atoms with Gasteiger partial charge in [0.05, 0.1) is 18.7 Å². The van der Waals surface area contributed by atoms with Crippen LogP contribution in [0.3, 0.4) is 0 Å². The maximum absolute atomic E-state index is 12.0. The molecule has 2 saturated carbocycles. The van der Waals surface area contributed by atoms with Gasteiger partial charge in [-0.15, -0.1) is 0 Å². The van der Waals surface area contributed by atoms with Crippen molar-refractivity contribution in [2.75, 3.05) is 17.2 Å². The first-order valence-electron chi connectivity index (χ1n) is 10.7. The average Bonchev–Trinajstić information content (AvgIpc) is 3.39. The van der Waals surface area contributed by atoms with Gasteiger partial charge in [0.1, 0.15) is 11.6 Å². The standard InChI is InChI=1S/C21H26N6O3/c28-16-5-3-15(4-6-16)24-17-9-18(22-10-12-1-2-12)27-20(25-17)14(11-23-27)7-13-8-19(29)26-21(13)30/h7,9,11-12,15-16,22,28H,1-6,8,10H2,(H,24,25)(H,26,29,30)/b13-7+. The van der Waals surface area contributed by atoms with Crippen molar-refractivity contribution >= 4 is 35.2 Å². The van der Waals surface area contributed by atoms with Crippen LogP contribution in [0.2, 0.25) is 0 Å². The lowest BCUT2D eigenvalue weighted by Crippen LogP contribution is -2.28. The van der Waals surface area contributed by atoms with Gasteiger partial charge in [-0.1, -0.05) is 0 Å². The van der Waals surface area contributed by atoms with E-state index >= 15 is 0 Å². The molecule has 3 fully saturated rings. The van der Waals surface area contributed by atoms with Gasteiger partial charge in [0, 0.05) is 29.8 Å². The molecule has 0 unspecified atom stereocenters. The second-order valence-corrected chi connectivity index (χ2v) is 8.56. The summed E-state index contributed by atoms with van der Waals surface area (Å²) >= 11 is 0. The summed E-state index contributed by atoms with van der Waals surface area (Å²) in [4.78, 5) is 28.2. The Labute approximate surface area is 173 Å². The molecule has 4 N–H and O–H groups in total. The van der Waals surface area contributed by atoms with Gasteiger partial charge in [-0.05, 0) is 50.5 Å². The van der Waals surface area contributed by atoms with Crippen molar-refractivity contribution in [2.45, 2.75) is 57.1 Å². The van der Waals surface area contributed by atoms with Gasteiger partial charge in [0.25, 0.3) is 5.91 Å². The van der Waals surface area contributed by atoms with Gasteiger partial charge in [-0.3, -0.25) is 14.9 Å². The lowest BCUT2D eigenvalue weighted by Gasteiger charge is -2.26. The summed E-state index contributed by atoms with van der Waals surface area (Å²) in [6.07, 6.45) is 9.12. The number of imide groups is 1. The monoisotopic (exact) mass is 410 g/mol. The molecule has 158 valence electrons. The summed E-state index contributed by atoms with van der Waals surface area (Å²) < 4.78 is 1.75. The van der Waals surface area contributed by atoms with E-state index in [-0.39, 0.29) is 30.4 Å². The van der Waals surface area contributed by atoms with Gasteiger partial charge in [0.15, 0.2) is 5.65 Å². The highest BCUT2D eigenvalue weighted by Crippen LogP contribution is 2.30. The molecule has 0 radical (unpaired) electrons. The van der Waals surface area contributed by atoms with E-state index < -0.39 is 0 Å². The lowest BCUT2D eigenvalue weighted by atomic mass is 9.93. The molecule has 1 saturated heterocycles. The number of aliphatic hydroxyl groups is 1. The molecule has 3 heterocycles. The number of aliphatic hydroxyl groups excluding tert-OH is 1. The van der Waals surface area contributed by atoms with Crippen LogP contribution >= 0.6 is 0 Å². The molecule has 2 amide bonds. The van der Waals surface area contributed by atoms with Crippen LogP contribution in [-0.2, 0) is 9.59 Å². The van der Waals surface area contributed by atoms with E-state index in [2.05, 4.69) is 21.0 Å². The van der Waals surface area contributed by atoms with Gasteiger partial charge in [0.2, 0.25) is 5.91 Å². The first-order valence-corrected chi connectivity index (χ1v) is 10.7. The van der Waals surface area contributed by atoms with E-state index in [1.54, 1.807) is 16.8 Å². The smallest absolute Gasteiger partial charge is 0.254 e. The fourth-order valence-electron chi connectivity index (χ4n) is 4.09. The van der Waals surface area contributed by atoms with E-state index in [0.29, 0.717) is 22.7 Å². The van der Waals surface area contributed by atoms with Crippen molar-refractivity contribution in [3.63, 3.8) is 0 Å². The number of aromatic nitrogens is 3. The number of hydrogen-bond donors (Lipinski definition) is 4. The fraction of sp³-hybridized carbons (Fsp3) is 0.524. The van der Waals surface area contributed by atoms with Crippen molar-refractivity contribution in [1.29, 1.82) is 0 Å². The first kappa shape index (κ1) is 19.0. The van der Waals surface area contributed by atoms with Crippen LogP contribution in [0.5, 0.6) is 0 Å². The molecule has 0 spiro atoms. The molecule has 2 aromatic rings. The Kier molecular flexibility index (Phi) is 4.90. The van der Waals surface area contributed by atoms with E-state index in [4.69, 9.17) is 4.98 Å². The van der Waals surface area contributed by atoms with E-state index in [9.17, 15) is 14.7 Å². The van der Waals surface area contributed by atoms with Crippen LogP contribution in [0.1, 0.15) is 50.5 Å². The van der Waals surface area contributed by atoms with Crippen LogP contribution in [0.4, 0.5) is 11.6 Å². The van der Waals surface area contributed by atoms with Gasteiger partial charge >= 0.3 is 0 Å². The Morgan fingerprint density at radius 2 is 2.00 bits per heavy atom. The molecular formula is C21H26N6O3. The third-order valence-electron chi connectivity index (χ3n) is 6.04. The third kappa shape index (κ3) is 4.02. The minimum absolute atomic E-state index is 0.0747. The number of rotatable bonds is 6. The Bertz CT molecular complexity index is 1020. The zero-order valence-corrected chi connectivity index (χ0v) is 16.7. The molecule has 1 aliphatic heterocycles. The van der Waals surface area contributed by atoms with Crippen molar-refractivity contribution < 1.29 is 14.7 Å². The number of carbonyl (C=O) groups is 2. The summed E-state index contributed by atoms with van der Waals surface area (Å²) in [7, 11) is 0. The lowest BCUT2D eigenvalue weighted by molar-refractivity contribution is -0.124. The van der Waals surface area contributed by atoms with Gasteiger partial charge in [-0.2, -0.15) is 9.61 Å². The Morgan fingerprint density at radius 1 is 1.20 bits per heavy atom. The van der Waals surface area contributed by atoms with Crippen molar-refractivity contribution in [1.82, 2.24) is 19.9 Å². The highest BCUT2D eigenvalue weighted by atomic mass is 16.3. The van der Waals surface area contributed by atoms with Crippen molar-refractivity contribution in [3.8, 4) is 0 Å². The topological polar surface area (TPSA) is 121 Å². The van der Waals surface area contributed by atoms with Crippen LogP contribution < -0.4 is 16.0 Å². The highest BCUT2D eigenvalue weighted by molar-refractivity contribution is 6.15. The second-order valence-electron chi connectivity index (χ2n) is 8.56. The molecule has 3 aliphatic rings. The predicted molar refractivity (Wildman–Crippen MR) is 112 cm³/mol. The van der Waals surface area contributed by atoms with Gasteiger partial charge in [-0.25, -0.2) is 4.98 Å². The highest BCUT2D eigenvalue weighted by Gasteiger charge is 2.25. The first-order chi connectivity index (χ1) is 14.5. The number of nitrogens with one attached hydrogen (secondary N) is 3. The van der Waals surface area contributed by atoms with Crippen LogP contribution in [0, 0.1) is 5.92 Å². The van der Waals surface area contributed by atoms with Gasteiger partial charge < -0.3 is 15.7 Å². The van der Waals surface area contributed by atoms with E-state index in [1.807, 2.05) is 6.07 Å². The molecule has 0 atom stereocenters. The average molecular weight is 410 g/mol. The van der Waals surface area contributed by atoms with Crippen molar-refractivity contribution in [3.05, 3.63) is 23.4 Å². The summed E-state index contributed by atoms with van der Waals surface area (Å²) in [5.41, 5.74) is 1.75. The summed E-state index contributed by atoms with van der Waals surface area (Å²) in [6.45, 7) is 0.890. The third-order valence-corrected chi connectivity index (χ3v) is 6.04. The Hall–Kier alpha value is -2.94. The number of carbonyl (C=O) groups excluding carboxylic acids is 2. The molecule has 2 aromatic heterocycles. The fourth-order valence-corrected chi connectivity index (χ4v) is 4.09. The van der Waals surface area contributed by atoms with Crippen molar-refractivity contribution in [2.24, 2.45) is 5.92 Å². The largest absolute Gasteiger partial charge is 0.393 e.